The molecule has 0 spiro atoms. The molecule has 32 nitrogen and oxygen atoms in total. The van der Waals surface area contributed by atoms with Crippen LogP contribution < -0.4 is 56.6 Å². The highest BCUT2D eigenvalue weighted by Gasteiger charge is 2.45. The Morgan fingerprint density at radius 1 is 0.491 bits per heavy atom. The summed E-state index contributed by atoms with van der Waals surface area (Å²) in [6.07, 6.45) is -1.68. The third-order valence-electron chi connectivity index (χ3n) is 4.98. The normalized spacial score (nSPS) is 11.9. The quantitative estimate of drug-likeness (QED) is 0.0173. The molecule has 0 aromatic heterocycles. The average Bonchev–Trinajstić information content (AvgIpc) is 3.14. The molecule has 0 bridgehead atoms. The van der Waals surface area contributed by atoms with Gasteiger partial charge in [-0.25, -0.2) is 16.4 Å². The number of carboxylic acid groups (broad SMARTS) is 1. The number of amides is 4. The van der Waals surface area contributed by atoms with Crippen molar-refractivity contribution < 1.29 is 81.1 Å². The number of carbonyl (C=O) groups is 5. The van der Waals surface area contributed by atoms with Gasteiger partial charge in [0.25, 0.3) is 17.7 Å². The number of amidine groups is 6. The minimum atomic E-state index is -1.96. The lowest BCUT2D eigenvalue weighted by molar-refractivity contribution is -0.155. The number of nitrogens with zero attached hydrogens (tertiary/aromatic N) is 6. The number of primary amides is 1. The molecule has 0 aliphatic carbocycles. The van der Waals surface area contributed by atoms with Crippen molar-refractivity contribution in [3.05, 3.63) is 0 Å². The minimum Gasteiger partial charge on any atom is -0.481 e. The van der Waals surface area contributed by atoms with Crippen molar-refractivity contribution in [2.75, 3.05) is 6.61 Å². The van der Waals surface area contributed by atoms with Crippen LogP contribution in [-0.4, -0.2) is 128 Å². The van der Waals surface area contributed by atoms with Crippen LogP contribution in [-0.2, 0) is 24.0 Å². The largest absolute Gasteiger partial charge is 0.481 e. The Balaban J connectivity index is -0.000000200. The molecule has 0 radical (unpaired) electrons. The van der Waals surface area contributed by atoms with E-state index in [1.165, 1.54) is 16.4 Å². The lowest BCUT2D eigenvalue weighted by Crippen LogP contribution is -2.51. The third-order valence-corrected chi connectivity index (χ3v) is 4.98. The van der Waals surface area contributed by atoms with Gasteiger partial charge in [-0.05, 0) is 12.8 Å². The van der Waals surface area contributed by atoms with Crippen LogP contribution in [0.4, 0.5) is 0 Å². The average molecular weight is 779 g/mol. The Bertz CT molecular complexity index is 1220. The van der Waals surface area contributed by atoms with Crippen molar-refractivity contribution in [2.24, 2.45) is 76.5 Å². The SMILES string of the molecule is N/C(CC(=O)NO)=N\O.N/C(CC(=O)O)=N\O.N/C(CCC(CC/C(N)=N\O)(C(=O)NO)C(=O)NO)=N/O.N/C(CCO)=N\O.NC(=O)C/C(N)=N/O. The molecule has 0 aromatic rings. The molecule has 32 heteroatoms. The molecular weight excluding hydrogens is 732 g/mol. The van der Waals surface area contributed by atoms with Crippen LogP contribution >= 0.6 is 0 Å². The molecule has 0 fully saturated rings. The molecule has 0 saturated heterocycles. The van der Waals surface area contributed by atoms with Gasteiger partial charge in [0.05, 0.1) is 19.4 Å². The van der Waals surface area contributed by atoms with Crippen molar-refractivity contribution in [2.45, 2.75) is 51.4 Å². The number of oxime groups is 6. The molecule has 306 valence electrons. The summed E-state index contributed by atoms with van der Waals surface area (Å²) in [6, 6.07) is 0. The van der Waals surface area contributed by atoms with E-state index in [1.54, 1.807) is 0 Å². The molecule has 28 N–H and O–H groups in total. The van der Waals surface area contributed by atoms with Crippen LogP contribution in [0, 0.1) is 5.41 Å². The van der Waals surface area contributed by atoms with Gasteiger partial charge in [-0.3, -0.25) is 39.6 Å². The molecule has 0 aromatic carbocycles. The highest BCUT2D eigenvalue weighted by atomic mass is 16.5. The smallest absolute Gasteiger partial charge is 0.311 e. The van der Waals surface area contributed by atoms with Gasteiger partial charge >= 0.3 is 5.97 Å². The first kappa shape index (κ1) is 55.2. The molecule has 0 saturated carbocycles. The Kier molecular flexibility index (Phi) is 36.1. The van der Waals surface area contributed by atoms with E-state index in [9.17, 15) is 24.0 Å². The van der Waals surface area contributed by atoms with Gasteiger partial charge < -0.3 is 81.6 Å². The highest BCUT2D eigenvalue weighted by Crippen LogP contribution is 2.31. The van der Waals surface area contributed by atoms with Gasteiger partial charge in [-0.2, -0.15) is 0 Å². The zero-order chi connectivity index (χ0) is 42.6. The zero-order valence-electron chi connectivity index (χ0n) is 27.5. The molecule has 53 heavy (non-hydrogen) atoms. The Morgan fingerprint density at radius 3 is 1.02 bits per heavy atom. The number of nitrogens with one attached hydrogen (secondary N) is 3. The summed E-state index contributed by atoms with van der Waals surface area (Å²) in [5.41, 5.74) is 36.6. The maximum Gasteiger partial charge on any atom is 0.311 e. The summed E-state index contributed by atoms with van der Waals surface area (Å²) in [5.74, 6) is -5.89. The van der Waals surface area contributed by atoms with Crippen LogP contribution in [0.15, 0.2) is 30.9 Å². The van der Waals surface area contributed by atoms with Crippen LogP contribution in [0.1, 0.15) is 51.4 Å². The monoisotopic (exact) mass is 778 g/mol. The number of hydrogen-bond donors (Lipinski definition) is 21. The Morgan fingerprint density at radius 2 is 0.811 bits per heavy atom. The minimum absolute atomic E-state index is 0.0579. The second-order valence-corrected chi connectivity index (χ2v) is 8.91. The fraction of sp³-hybridized carbons (Fsp3) is 0.476. The topological polar surface area (TPSA) is 600 Å². The number of aliphatic hydroxyl groups is 1. The molecule has 0 rings (SSSR count). The molecule has 0 atom stereocenters. The van der Waals surface area contributed by atoms with E-state index in [4.69, 9.17) is 91.5 Å². The first-order valence-electron chi connectivity index (χ1n) is 13.4. The first-order chi connectivity index (χ1) is 24.7. The molecule has 0 unspecified atom stereocenters. The molecular formula is C21H46N16O16. The van der Waals surface area contributed by atoms with Crippen molar-refractivity contribution in [1.29, 1.82) is 0 Å². The number of hydrogen-bond acceptors (Lipinski definition) is 21. The van der Waals surface area contributed by atoms with Crippen molar-refractivity contribution >= 4 is 64.6 Å². The summed E-state index contributed by atoms with van der Waals surface area (Å²) in [6.45, 7) is -0.0735. The van der Waals surface area contributed by atoms with Gasteiger partial charge in [0.15, 0.2) is 0 Å². The number of nitrogens with two attached hydrogens (primary N) is 7. The van der Waals surface area contributed by atoms with E-state index in [0.717, 1.165) is 0 Å². The molecule has 0 aliphatic heterocycles. The van der Waals surface area contributed by atoms with Gasteiger partial charge in [-0.15, -0.1) is 0 Å². The number of carbonyl (C=O) groups excluding carboxylic acids is 4. The Labute approximate surface area is 297 Å². The lowest BCUT2D eigenvalue weighted by atomic mass is 9.77. The summed E-state index contributed by atoms with van der Waals surface area (Å²) in [5, 5.41) is 105. The first-order valence-corrected chi connectivity index (χ1v) is 13.4. The van der Waals surface area contributed by atoms with E-state index in [-0.39, 0.29) is 86.6 Å². The third kappa shape index (κ3) is 33.1. The molecule has 0 aliphatic rings. The van der Waals surface area contributed by atoms with Crippen LogP contribution in [0.5, 0.6) is 0 Å². The fourth-order valence-electron chi connectivity index (χ4n) is 2.49. The van der Waals surface area contributed by atoms with Crippen molar-refractivity contribution in [3.8, 4) is 0 Å². The maximum absolute atomic E-state index is 11.8. The van der Waals surface area contributed by atoms with Gasteiger partial charge in [0, 0.05) is 19.3 Å². The van der Waals surface area contributed by atoms with Gasteiger partial charge in [-0.1, -0.05) is 30.9 Å². The van der Waals surface area contributed by atoms with E-state index < -0.39 is 41.4 Å². The standard InChI is InChI=1S/C9H18N6O6.C3H7N3O3.C3H7N3O2.C3H6N2O3.C3H8N2O2/c10-5(12-18)1-3-9(7(16)14-20,8(17)15-21)4-2-6(11)13-19;4-2(5-8)1-3(7)6-9;4-2(6-8)1-3(5)7;4-2(5-8)1-3(6)7;4-3(5-7)1-2-6/h18-21H,1-4H2,(H2,10,12)(H2,11,13)(H,14,16)(H,15,17);8-9H,1H2,(H2,4,5)(H,6,7);8H,1H2,(H2,4,6)(H2,5,7);8H,1H2,(H2,4,5)(H,6,7);6-7H,1-2H2,(H2,4,5). The van der Waals surface area contributed by atoms with Gasteiger partial charge in [0.2, 0.25) is 5.91 Å². The van der Waals surface area contributed by atoms with E-state index >= 15 is 0 Å². The second kappa shape index (κ2) is 34.7. The summed E-state index contributed by atoms with van der Waals surface area (Å²) >= 11 is 0. The molecule has 0 heterocycles. The number of aliphatic hydroxyl groups excluding tert-OH is 1. The molecule has 4 amide bonds. The zero-order valence-corrected chi connectivity index (χ0v) is 27.5. The van der Waals surface area contributed by atoms with E-state index in [1.807, 2.05) is 0 Å². The van der Waals surface area contributed by atoms with Crippen LogP contribution in [0.25, 0.3) is 0 Å². The fourth-order valence-corrected chi connectivity index (χ4v) is 2.49. The van der Waals surface area contributed by atoms with Crippen LogP contribution in [0.3, 0.4) is 0 Å². The number of hydroxylamine groups is 3. The highest BCUT2D eigenvalue weighted by molar-refractivity contribution is 6.05. The second-order valence-electron chi connectivity index (χ2n) is 8.91. The summed E-state index contributed by atoms with van der Waals surface area (Å²) in [7, 11) is 0. The van der Waals surface area contributed by atoms with Crippen LogP contribution in [0.2, 0.25) is 0 Å². The lowest BCUT2D eigenvalue weighted by Gasteiger charge is -2.28. The van der Waals surface area contributed by atoms with Gasteiger partial charge in [0.1, 0.15) is 46.8 Å². The predicted molar refractivity (Wildman–Crippen MR) is 174 cm³/mol. The predicted octanol–water partition coefficient (Wildman–Crippen LogP) is -6.40. The summed E-state index contributed by atoms with van der Waals surface area (Å²) < 4.78 is 0. The summed E-state index contributed by atoms with van der Waals surface area (Å²) in [4.78, 5) is 53.4. The maximum atomic E-state index is 11.8. The number of aliphatic carboxylic acids is 1. The van der Waals surface area contributed by atoms with Crippen molar-refractivity contribution in [3.63, 3.8) is 0 Å². The number of carboxylic acids is 1. The van der Waals surface area contributed by atoms with E-state index in [2.05, 4.69) is 36.7 Å². The number of rotatable bonds is 16. The Hall–Kier alpha value is -7.19. The van der Waals surface area contributed by atoms with Crippen molar-refractivity contribution in [1.82, 2.24) is 16.4 Å². The van der Waals surface area contributed by atoms with E-state index in [0.29, 0.717) is 0 Å².